The molecule has 5 heteroatoms. The predicted molar refractivity (Wildman–Crippen MR) is 97.3 cm³/mol. The van der Waals surface area contributed by atoms with E-state index in [0.29, 0.717) is 24.2 Å². The molecule has 3 N–H and O–H groups in total. The molecule has 1 atom stereocenters. The van der Waals surface area contributed by atoms with Gasteiger partial charge < -0.3 is 10.6 Å². The lowest BCUT2D eigenvalue weighted by atomic mass is 10.0. The Morgan fingerprint density at radius 1 is 1.17 bits per heavy atom. The van der Waals surface area contributed by atoms with Gasteiger partial charge >= 0.3 is 0 Å². The highest BCUT2D eigenvalue weighted by Crippen LogP contribution is 2.16. The second-order valence-corrected chi connectivity index (χ2v) is 6.76. The van der Waals surface area contributed by atoms with Gasteiger partial charge in [0.25, 0.3) is 5.91 Å². The van der Waals surface area contributed by atoms with Gasteiger partial charge in [-0.15, -0.1) is 0 Å². The summed E-state index contributed by atoms with van der Waals surface area (Å²) in [7, 11) is 0. The van der Waals surface area contributed by atoms with Crippen LogP contribution in [-0.4, -0.2) is 12.5 Å². The molecule has 0 fully saturated rings. The average molecular weight is 397 g/mol. The minimum absolute atomic E-state index is 0.0375. The fraction of sp³-hybridized carbons (Fsp3) is 0.278. The Morgan fingerprint density at radius 2 is 1.83 bits per heavy atom. The van der Waals surface area contributed by atoms with Gasteiger partial charge in [0.1, 0.15) is 6.04 Å². The van der Waals surface area contributed by atoms with E-state index in [0.717, 1.165) is 16.5 Å². The van der Waals surface area contributed by atoms with Crippen LogP contribution in [0.15, 0.2) is 53.0 Å². The third kappa shape index (κ3) is 5.98. The van der Waals surface area contributed by atoms with Crippen LogP contribution in [0.25, 0.3) is 0 Å². The fourth-order valence-electron chi connectivity index (χ4n) is 2.37. The Bertz CT molecular complexity index is 628. The summed E-state index contributed by atoms with van der Waals surface area (Å²) < 4.78 is 1.07. The summed E-state index contributed by atoms with van der Waals surface area (Å²) in [6.07, 6.45) is 0.978. The van der Waals surface area contributed by atoms with E-state index in [-0.39, 0.29) is 5.91 Å². The van der Waals surface area contributed by atoms with Gasteiger partial charge in [0, 0.05) is 28.0 Å². The van der Waals surface area contributed by atoms with Crippen LogP contribution in [-0.2, 0) is 11.3 Å². The number of halogens is 2. The monoisotopic (exact) mass is 395 g/mol. The molecule has 0 aromatic heterocycles. The first-order chi connectivity index (χ1) is 11.1. The zero-order valence-electron chi connectivity index (χ0n) is 13.1. The molecule has 0 spiro atoms. The first-order valence-corrected chi connectivity index (χ1v) is 8.85. The number of hydrogen-bond acceptors (Lipinski definition) is 1. The molecule has 0 saturated carbocycles. The number of benzene rings is 2. The molecule has 1 amide bonds. The molecule has 0 radical (unpaired) electrons. The number of quaternary nitrogens is 1. The zero-order valence-corrected chi connectivity index (χ0v) is 15.4. The number of nitrogens with two attached hydrogens (primary N) is 1. The van der Waals surface area contributed by atoms with Crippen molar-refractivity contribution in [2.75, 3.05) is 6.54 Å². The summed E-state index contributed by atoms with van der Waals surface area (Å²) in [5, 5.41) is 5.72. The molecule has 0 saturated heterocycles. The summed E-state index contributed by atoms with van der Waals surface area (Å²) in [4.78, 5) is 12.0. The zero-order chi connectivity index (χ0) is 16.7. The number of amides is 1. The maximum Gasteiger partial charge on any atom is 0.275 e. The van der Waals surface area contributed by atoms with E-state index < -0.39 is 0 Å². The lowest BCUT2D eigenvalue weighted by Crippen LogP contribution is -2.87. The minimum Gasteiger partial charge on any atom is -0.347 e. The Morgan fingerprint density at radius 3 is 2.43 bits per heavy atom. The summed E-state index contributed by atoms with van der Waals surface area (Å²) in [6, 6.07) is 16.1. The largest absolute Gasteiger partial charge is 0.347 e. The number of hydrogen-bond donors (Lipinski definition) is 2. The summed E-state index contributed by atoms with van der Waals surface area (Å²) >= 11 is 9.29. The van der Waals surface area contributed by atoms with Gasteiger partial charge in [-0.2, -0.15) is 0 Å². The molecule has 0 unspecified atom stereocenters. The van der Waals surface area contributed by atoms with Crippen LogP contribution in [0.3, 0.4) is 0 Å². The highest BCUT2D eigenvalue weighted by Gasteiger charge is 2.14. The highest BCUT2D eigenvalue weighted by molar-refractivity contribution is 9.10. The Balaban J connectivity index is 1.80. The van der Waals surface area contributed by atoms with Crippen LogP contribution >= 0.6 is 27.5 Å². The quantitative estimate of drug-likeness (QED) is 0.740. The van der Waals surface area contributed by atoms with E-state index in [1.807, 2.05) is 36.4 Å². The maximum absolute atomic E-state index is 12.0. The van der Waals surface area contributed by atoms with Crippen molar-refractivity contribution in [1.82, 2.24) is 5.32 Å². The Hall–Kier alpha value is -1.36. The molecule has 23 heavy (non-hydrogen) atoms. The van der Waals surface area contributed by atoms with Crippen molar-refractivity contribution >= 4 is 33.4 Å². The molecule has 2 rings (SSSR count). The molecule has 0 aliphatic rings. The number of carbonyl (C=O) groups excluding carboxylic acids is 1. The van der Waals surface area contributed by atoms with Gasteiger partial charge in [0.05, 0.1) is 0 Å². The lowest BCUT2D eigenvalue weighted by Gasteiger charge is -2.14. The maximum atomic E-state index is 12.0. The molecule has 2 aromatic carbocycles. The standard InChI is InChI=1S/C18H20BrClN2O/c1-2-17(14-5-7-15(19)8-6-14)21-12-18(23)22-11-13-3-9-16(20)10-4-13/h3-10,17,21H,2,11-12H2,1H3,(H,22,23)/p+1/t17-/m1/s1. The van der Waals surface area contributed by atoms with Crippen LogP contribution in [0.2, 0.25) is 5.02 Å². The van der Waals surface area contributed by atoms with Gasteiger partial charge in [0.15, 0.2) is 6.54 Å². The van der Waals surface area contributed by atoms with E-state index in [2.05, 4.69) is 45.6 Å². The van der Waals surface area contributed by atoms with Gasteiger partial charge in [-0.05, 0) is 29.8 Å². The molecule has 0 aliphatic heterocycles. The van der Waals surface area contributed by atoms with Crippen molar-refractivity contribution in [1.29, 1.82) is 0 Å². The average Bonchev–Trinajstić information content (AvgIpc) is 2.56. The second-order valence-electron chi connectivity index (χ2n) is 5.41. The normalized spacial score (nSPS) is 12.0. The van der Waals surface area contributed by atoms with Crippen LogP contribution in [0, 0.1) is 0 Å². The summed E-state index contributed by atoms with van der Waals surface area (Å²) in [6.45, 7) is 3.08. The third-order valence-electron chi connectivity index (χ3n) is 3.73. The van der Waals surface area contributed by atoms with Crippen molar-refractivity contribution in [2.45, 2.75) is 25.9 Å². The van der Waals surface area contributed by atoms with Crippen LogP contribution in [0.5, 0.6) is 0 Å². The number of rotatable bonds is 7. The third-order valence-corrected chi connectivity index (χ3v) is 4.51. The minimum atomic E-state index is 0.0375. The lowest BCUT2D eigenvalue weighted by molar-refractivity contribution is -0.686. The topological polar surface area (TPSA) is 45.7 Å². The van der Waals surface area contributed by atoms with Gasteiger partial charge in [-0.25, -0.2) is 0 Å². The van der Waals surface area contributed by atoms with Crippen LogP contribution in [0.4, 0.5) is 0 Å². The first kappa shape index (κ1) is 18.0. The van der Waals surface area contributed by atoms with Crippen molar-refractivity contribution in [3.63, 3.8) is 0 Å². The number of carbonyl (C=O) groups is 1. The number of nitrogens with one attached hydrogen (secondary N) is 1. The van der Waals surface area contributed by atoms with E-state index >= 15 is 0 Å². The van der Waals surface area contributed by atoms with E-state index in [1.54, 1.807) is 0 Å². The van der Waals surface area contributed by atoms with E-state index in [4.69, 9.17) is 11.6 Å². The van der Waals surface area contributed by atoms with Crippen molar-refractivity contribution in [2.24, 2.45) is 0 Å². The predicted octanol–water partition coefficient (Wildman–Crippen LogP) is 3.43. The Kier molecular flexibility index (Phi) is 7.09. The van der Waals surface area contributed by atoms with Gasteiger partial charge in [-0.3, -0.25) is 4.79 Å². The fourth-order valence-corrected chi connectivity index (χ4v) is 2.76. The van der Waals surface area contributed by atoms with Crippen molar-refractivity contribution < 1.29 is 10.1 Å². The molecule has 2 aromatic rings. The summed E-state index contributed by atoms with van der Waals surface area (Å²) in [5.74, 6) is 0.0375. The molecule has 0 heterocycles. The first-order valence-electron chi connectivity index (χ1n) is 7.68. The molecular formula is C18H21BrClN2O+. The van der Waals surface area contributed by atoms with Crippen LogP contribution < -0.4 is 10.6 Å². The van der Waals surface area contributed by atoms with Crippen molar-refractivity contribution in [3.8, 4) is 0 Å². The second kappa shape index (κ2) is 9.06. The summed E-state index contributed by atoms with van der Waals surface area (Å²) in [5.41, 5.74) is 2.28. The smallest absolute Gasteiger partial charge is 0.275 e. The molecule has 0 bridgehead atoms. The van der Waals surface area contributed by atoms with Crippen molar-refractivity contribution in [3.05, 3.63) is 69.2 Å². The molecule has 122 valence electrons. The molecule has 0 aliphatic carbocycles. The SMILES string of the molecule is CC[C@@H]([NH2+]CC(=O)NCc1ccc(Cl)cc1)c1ccc(Br)cc1. The highest BCUT2D eigenvalue weighted by atomic mass is 79.9. The van der Waals surface area contributed by atoms with E-state index in [1.165, 1.54) is 5.56 Å². The van der Waals surface area contributed by atoms with E-state index in [9.17, 15) is 4.79 Å². The molecule has 3 nitrogen and oxygen atoms in total. The van der Waals surface area contributed by atoms with Crippen LogP contribution in [0.1, 0.15) is 30.5 Å². The van der Waals surface area contributed by atoms with Gasteiger partial charge in [0.2, 0.25) is 0 Å². The molecular weight excluding hydrogens is 376 g/mol. The Labute approximate surface area is 150 Å². The van der Waals surface area contributed by atoms with Gasteiger partial charge in [-0.1, -0.05) is 58.7 Å².